The van der Waals surface area contributed by atoms with E-state index in [0.717, 1.165) is 5.56 Å². The second-order valence-corrected chi connectivity index (χ2v) is 6.56. The Morgan fingerprint density at radius 3 is 2.72 bits per heavy atom. The molecule has 0 saturated carbocycles. The van der Waals surface area contributed by atoms with Crippen LogP contribution in [0.1, 0.15) is 32.9 Å². The third kappa shape index (κ3) is 3.94. The van der Waals surface area contributed by atoms with E-state index >= 15 is 0 Å². The maximum absolute atomic E-state index is 13.8. The van der Waals surface area contributed by atoms with E-state index in [1.54, 1.807) is 30.3 Å². The van der Waals surface area contributed by atoms with E-state index in [0.29, 0.717) is 24.1 Å². The number of esters is 1. The highest BCUT2D eigenvalue weighted by molar-refractivity contribution is 6.00. The van der Waals surface area contributed by atoms with Crippen LogP contribution in [0, 0.1) is 5.82 Å². The number of carbonyl (C=O) groups is 3. The molecule has 1 amide bonds. The fourth-order valence-electron chi connectivity index (χ4n) is 3.10. The first kappa shape index (κ1) is 18.6. The van der Waals surface area contributed by atoms with Crippen LogP contribution in [0.3, 0.4) is 0 Å². The highest BCUT2D eigenvalue weighted by Crippen LogP contribution is 2.26. The first-order chi connectivity index (χ1) is 14.0. The van der Waals surface area contributed by atoms with Crippen LogP contribution in [0.15, 0.2) is 59.0 Å². The minimum absolute atomic E-state index is 0.0568. The van der Waals surface area contributed by atoms with Gasteiger partial charge in [-0.05, 0) is 54.4 Å². The van der Waals surface area contributed by atoms with Crippen LogP contribution in [0.4, 0.5) is 10.1 Å². The third-order valence-electron chi connectivity index (χ3n) is 4.60. The molecule has 0 spiro atoms. The van der Waals surface area contributed by atoms with Crippen molar-refractivity contribution in [2.75, 3.05) is 11.9 Å². The number of anilines is 1. The summed E-state index contributed by atoms with van der Waals surface area (Å²) in [4.78, 5) is 35.9. The number of aryl methyl sites for hydroxylation is 1. The first-order valence-electron chi connectivity index (χ1n) is 8.99. The van der Waals surface area contributed by atoms with Crippen LogP contribution in [0.25, 0.3) is 11.3 Å². The Balaban J connectivity index is 1.41. The molecule has 3 aromatic rings. The monoisotopic (exact) mass is 393 g/mol. The Bertz CT molecular complexity index is 1120. The quantitative estimate of drug-likeness (QED) is 0.523. The van der Waals surface area contributed by atoms with E-state index in [4.69, 9.17) is 9.15 Å². The first-order valence-corrected chi connectivity index (χ1v) is 8.99. The van der Waals surface area contributed by atoms with Crippen LogP contribution < -0.4 is 5.32 Å². The van der Waals surface area contributed by atoms with Crippen LogP contribution in [-0.4, -0.2) is 24.3 Å². The molecule has 2 heterocycles. The summed E-state index contributed by atoms with van der Waals surface area (Å²) in [6.07, 6.45) is 0.912. The molecule has 29 heavy (non-hydrogen) atoms. The lowest BCUT2D eigenvalue weighted by Gasteiger charge is -2.17. The highest BCUT2D eigenvalue weighted by atomic mass is 19.1. The van der Waals surface area contributed by atoms with E-state index in [1.165, 1.54) is 24.3 Å². The van der Waals surface area contributed by atoms with Crippen molar-refractivity contribution >= 4 is 23.3 Å². The van der Waals surface area contributed by atoms with Crippen molar-refractivity contribution in [3.63, 3.8) is 0 Å². The van der Waals surface area contributed by atoms with Crippen LogP contribution in [0.2, 0.25) is 0 Å². The normalized spacial score (nSPS) is 12.8. The molecule has 1 aliphatic heterocycles. The summed E-state index contributed by atoms with van der Waals surface area (Å²) in [5, 5.41) is 2.74. The standard InChI is InChI=1S/C22H16FNO5/c23-16-4-2-1-3-15(16)19-8-9-20(29-19)22(27)28-12-18(25)14-5-7-17-13(11-14)6-10-21(26)24-17/h1-5,7-9,11H,6,10,12H2,(H,24,26). The van der Waals surface area contributed by atoms with Crippen molar-refractivity contribution in [2.45, 2.75) is 12.8 Å². The third-order valence-corrected chi connectivity index (χ3v) is 4.60. The number of Topliss-reactive ketones (excluding diaryl/α,β-unsaturated/α-hetero) is 1. The zero-order chi connectivity index (χ0) is 20.4. The molecule has 0 saturated heterocycles. The summed E-state index contributed by atoms with van der Waals surface area (Å²) >= 11 is 0. The Kier molecular flexibility index (Phi) is 4.95. The summed E-state index contributed by atoms with van der Waals surface area (Å²) in [5.74, 6) is -1.65. The van der Waals surface area contributed by atoms with Crippen LogP contribution in [-0.2, 0) is 16.0 Å². The number of benzene rings is 2. The Morgan fingerprint density at radius 1 is 1.07 bits per heavy atom. The predicted molar refractivity (Wildman–Crippen MR) is 102 cm³/mol. The minimum Gasteiger partial charge on any atom is -0.451 e. The average molecular weight is 393 g/mol. The molecule has 4 rings (SSSR count). The number of fused-ring (bicyclic) bond motifs is 1. The molecular formula is C22H16FNO5. The smallest absolute Gasteiger partial charge is 0.374 e. The van der Waals surface area contributed by atoms with Gasteiger partial charge in [-0.2, -0.15) is 0 Å². The number of ether oxygens (including phenoxy) is 1. The van der Waals surface area contributed by atoms with Gasteiger partial charge in [0.2, 0.25) is 11.7 Å². The molecule has 2 aromatic carbocycles. The van der Waals surface area contributed by atoms with Crippen LogP contribution in [0.5, 0.6) is 0 Å². The maximum atomic E-state index is 13.8. The molecule has 0 bridgehead atoms. The van der Waals surface area contributed by atoms with Crippen molar-refractivity contribution < 1.29 is 27.9 Å². The van der Waals surface area contributed by atoms with Crippen molar-refractivity contribution in [3.05, 3.63) is 77.3 Å². The van der Waals surface area contributed by atoms with E-state index < -0.39 is 18.4 Å². The van der Waals surface area contributed by atoms with Gasteiger partial charge in [0.15, 0.2) is 12.4 Å². The Hall–Kier alpha value is -3.74. The Labute approximate surface area is 165 Å². The highest BCUT2D eigenvalue weighted by Gasteiger charge is 2.19. The SMILES string of the molecule is O=C1CCc2cc(C(=O)COC(=O)c3ccc(-c4ccccc4F)o3)ccc2N1. The van der Waals surface area contributed by atoms with Gasteiger partial charge in [-0.3, -0.25) is 9.59 Å². The molecule has 1 aliphatic rings. The Morgan fingerprint density at radius 2 is 1.90 bits per heavy atom. The summed E-state index contributed by atoms with van der Waals surface area (Å²) in [6.45, 7) is -0.459. The van der Waals surface area contributed by atoms with Gasteiger partial charge in [-0.15, -0.1) is 0 Å². The average Bonchev–Trinajstić information content (AvgIpc) is 3.21. The topological polar surface area (TPSA) is 85.6 Å². The predicted octanol–water partition coefficient (Wildman–Crippen LogP) is 4.01. The number of ketones is 1. The lowest BCUT2D eigenvalue weighted by atomic mass is 9.99. The lowest BCUT2D eigenvalue weighted by molar-refractivity contribution is -0.116. The van der Waals surface area contributed by atoms with Gasteiger partial charge in [0.1, 0.15) is 11.6 Å². The van der Waals surface area contributed by atoms with E-state index in [1.807, 2.05) is 0 Å². The van der Waals surface area contributed by atoms with E-state index in [-0.39, 0.29) is 28.8 Å². The zero-order valence-corrected chi connectivity index (χ0v) is 15.2. The van der Waals surface area contributed by atoms with Gasteiger partial charge < -0.3 is 14.5 Å². The number of hydrogen-bond acceptors (Lipinski definition) is 5. The molecular weight excluding hydrogens is 377 g/mol. The van der Waals surface area contributed by atoms with Gasteiger partial charge in [0.25, 0.3) is 0 Å². The lowest BCUT2D eigenvalue weighted by Crippen LogP contribution is -2.20. The molecule has 0 fully saturated rings. The maximum Gasteiger partial charge on any atom is 0.374 e. The fourth-order valence-corrected chi connectivity index (χ4v) is 3.10. The van der Waals surface area contributed by atoms with Crippen molar-refractivity contribution in [3.8, 4) is 11.3 Å². The number of halogens is 1. The molecule has 0 aliphatic carbocycles. The van der Waals surface area contributed by atoms with Gasteiger partial charge in [-0.1, -0.05) is 12.1 Å². The molecule has 6 nitrogen and oxygen atoms in total. The second kappa shape index (κ2) is 7.71. The largest absolute Gasteiger partial charge is 0.451 e. The number of carbonyl (C=O) groups excluding carboxylic acids is 3. The summed E-state index contributed by atoms with van der Waals surface area (Å²) < 4.78 is 24.2. The van der Waals surface area contributed by atoms with Crippen molar-refractivity contribution in [1.29, 1.82) is 0 Å². The molecule has 0 unspecified atom stereocenters. The summed E-state index contributed by atoms with van der Waals surface area (Å²) in [5.41, 5.74) is 2.16. The molecule has 0 radical (unpaired) electrons. The molecule has 146 valence electrons. The molecule has 7 heteroatoms. The van der Waals surface area contributed by atoms with Gasteiger partial charge in [-0.25, -0.2) is 9.18 Å². The van der Waals surface area contributed by atoms with Crippen molar-refractivity contribution in [2.24, 2.45) is 0 Å². The minimum atomic E-state index is -0.814. The van der Waals surface area contributed by atoms with E-state index in [2.05, 4.69) is 5.32 Å². The number of rotatable bonds is 5. The summed E-state index contributed by atoms with van der Waals surface area (Å²) in [7, 11) is 0. The van der Waals surface area contributed by atoms with Gasteiger partial charge in [0.05, 0.1) is 5.56 Å². The second-order valence-electron chi connectivity index (χ2n) is 6.56. The van der Waals surface area contributed by atoms with Crippen molar-refractivity contribution in [1.82, 2.24) is 0 Å². The fraction of sp³-hybridized carbons (Fsp3) is 0.136. The number of nitrogens with one attached hydrogen (secondary N) is 1. The number of amides is 1. The number of furan rings is 1. The number of hydrogen-bond donors (Lipinski definition) is 1. The molecule has 0 atom stereocenters. The van der Waals surface area contributed by atoms with E-state index in [9.17, 15) is 18.8 Å². The summed E-state index contributed by atoms with van der Waals surface area (Å²) in [6, 6.07) is 13.8. The molecule has 1 N–H and O–H groups in total. The van der Waals surface area contributed by atoms with Gasteiger partial charge in [0, 0.05) is 17.7 Å². The van der Waals surface area contributed by atoms with Gasteiger partial charge >= 0.3 is 5.97 Å². The molecule has 1 aromatic heterocycles. The van der Waals surface area contributed by atoms with Crippen LogP contribution >= 0.6 is 0 Å². The zero-order valence-electron chi connectivity index (χ0n) is 15.2.